The molecule has 1 N–H and O–H groups in total. The van der Waals surface area contributed by atoms with Crippen molar-refractivity contribution >= 4 is 0 Å². The third kappa shape index (κ3) is 4.10. The molecular weight excluding hydrogens is 252 g/mol. The highest BCUT2D eigenvalue weighted by molar-refractivity contribution is 5.25. The highest BCUT2D eigenvalue weighted by Gasteiger charge is 2.10. The van der Waals surface area contributed by atoms with Crippen molar-refractivity contribution < 1.29 is 5.11 Å². The molecule has 2 rings (SSSR count). The van der Waals surface area contributed by atoms with E-state index in [1.54, 1.807) is 13.1 Å². The van der Waals surface area contributed by atoms with E-state index in [4.69, 9.17) is 0 Å². The predicted molar refractivity (Wildman–Crippen MR) is 81.2 cm³/mol. The van der Waals surface area contributed by atoms with E-state index >= 15 is 0 Å². The molecule has 20 heavy (non-hydrogen) atoms. The summed E-state index contributed by atoms with van der Waals surface area (Å²) < 4.78 is 1.97. The number of aryl methyl sites for hydroxylation is 1. The van der Waals surface area contributed by atoms with Gasteiger partial charge in [0.1, 0.15) is 0 Å². The molecule has 0 radical (unpaired) electrons. The zero-order valence-corrected chi connectivity index (χ0v) is 12.5. The minimum atomic E-state index is -0.288. The first-order valence-corrected chi connectivity index (χ1v) is 7.80. The van der Waals surface area contributed by atoms with Crippen molar-refractivity contribution in [3.05, 3.63) is 28.2 Å². The molecule has 1 fully saturated rings. The lowest BCUT2D eigenvalue weighted by Gasteiger charge is -2.14. The summed E-state index contributed by atoms with van der Waals surface area (Å²) in [5.74, 6) is -0.110. The van der Waals surface area contributed by atoms with Crippen LogP contribution in [0.3, 0.4) is 0 Å². The highest BCUT2D eigenvalue weighted by Crippen LogP contribution is 2.12. The summed E-state index contributed by atoms with van der Waals surface area (Å²) in [6.07, 6.45) is 9.38. The summed E-state index contributed by atoms with van der Waals surface area (Å²) in [5.41, 5.74) is 0.388. The molecule has 0 aromatic carbocycles. The van der Waals surface area contributed by atoms with Crippen molar-refractivity contribution in [2.24, 2.45) is 0 Å². The van der Waals surface area contributed by atoms with Gasteiger partial charge in [-0.15, -0.1) is 0 Å². The number of aromatic hydroxyl groups is 1. The Balaban J connectivity index is 1.63. The van der Waals surface area contributed by atoms with Crippen LogP contribution in [0.15, 0.2) is 17.1 Å². The number of hydrogen-bond acceptors (Lipinski definition) is 3. The molecule has 0 aliphatic carbocycles. The van der Waals surface area contributed by atoms with Crippen LogP contribution in [-0.2, 0) is 6.54 Å². The van der Waals surface area contributed by atoms with Crippen LogP contribution in [0.25, 0.3) is 0 Å². The van der Waals surface area contributed by atoms with E-state index in [9.17, 15) is 9.90 Å². The van der Waals surface area contributed by atoms with Gasteiger partial charge in [0.05, 0.1) is 5.69 Å². The molecule has 4 nitrogen and oxygen atoms in total. The van der Waals surface area contributed by atoms with E-state index in [1.807, 2.05) is 4.57 Å². The van der Waals surface area contributed by atoms with Crippen molar-refractivity contribution in [2.45, 2.75) is 52.0 Å². The van der Waals surface area contributed by atoms with Gasteiger partial charge < -0.3 is 14.6 Å². The molecule has 0 spiro atoms. The molecule has 1 aromatic heterocycles. The number of nitrogens with zero attached hydrogens (tertiary/aromatic N) is 2. The van der Waals surface area contributed by atoms with E-state index in [0.29, 0.717) is 5.69 Å². The van der Waals surface area contributed by atoms with E-state index in [-0.39, 0.29) is 11.2 Å². The lowest BCUT2D eigenvalue weighted by atomic mass is 10.2. The van der Waals surface area contributed by atoms with Crippen LogP contribution in [0.4, 0.5) is 0 Å². The van der Waals surface area contributed by atoms with Gasteiger partial charge in [0.25, 0.3) is 0 Å². The number of rotatable bonds is 7. The van der Waals surface area contributed by atoms with Crippen molar-refractivity contribution in [3.63, 3.8) is 0 Å². The second-order valence-corrected chi connectivity index (χ2v) is 5.77. The quantitative estimate of drug-likeness (QED) is 0.780. The van der Waals surface area contributed by atoms with Crippen LogP contribution in [0.2, 0.25) is 0 Å². The van der Waals surface area contributed by atoms with E-state index in [0.717, 1.165) is 13.0 Å². The average Bonchev–Trinajstić information content (AvgIpc) is 2.95. The predicted octanol–water partition coefficient (Wildman–Crippen LogP) is 2.52. The van der Waals surface area contributed by atoms with Gasteiger partial charge in [0, 0.05) is 18.8 Å². The molecule has 1 aliphatic heterocycles. The summed E-state index contributed by atoms with van der Waals surface area (Å²) in [7, 11) is 0. The third-order valence-corrected chi connectivity index (χ3v) is 4.23. The smallest absolute Gasteiger partial charge is 0.223 e. The van der Waals surface area contributed by atoms with Crippen LogP contribution >= 0.6 is 0 Å². The van der Waals surface area contributed by atoms with Crippen molar-refractivity contribution in [2.75, 3.05) is 19.6 Å². The van der Waals surface area contributed by atoms with Gasteiger partial charge in [-0.2, -0.15) is 0 Å². The third-order valence-electron chi connectivity index (χ3n) is 4.23. The lowest BCUT2D eigenvalue weighted by molar-refractivity contribution is 0.327. The second kappa shape index (κ2) is 7.48. The van der Waals surface area contributed by atoms with Crippen LogP contribution in [0, 0.1) is 6.92 Å². The van der Waals surface area contributed by atoms with Gasteiger partial charge >= 0.3 is 0 Å². The molecule has 0 saturated carbocycles. The Labute approximate surface area is 121 Å². The van der Waals surface area contributed by atoms with Gasteiger partial charge in [-0.05, 0) is 52.2 Å². The Hall–Kier alpha value is -1.29. The zero-order valence-electron chi connectivity index (χ0n) is 12.5. The molecule has 1 aromatic rings. The summed E-state index contributed by atoms with van der Waals surface area (Å²) >= 11 is 0. The average molecular weight is 278 g/mol. The fourth-order valence-corrected chi connectivity index (χ4v) is 2.88. The first kappa shape index (κ1) is 15.1. The summed E-state index contributed by atoms with van der Waals surface area (Å²) in [4.78, 5) is 13.8. The first-order valence-electron chi connectivity index (χ1n) is 7.80. The molecule has 0 unspecified atom stereocenters. The summed E-state index contributed by atoms with van der Waals surface area (Å²) in [6.45, 7) is 6.50. The monoisotopic (exact) mass is 278 g/mol. The Morgan fingerprint density at radius 3 is 2.45 bits per heavy atom. The van der Waals surface area contributed by atoms with Gasteiger partial charge in [0.15, 0.2) is 5.75 Å². The normalized spacial score (nSPS) is 15.8. The van der Waals surface area contributed by atoms with E-state index in [2.05, 4.69) is 4.90 Å². The molecule has 0 amide bonds. The van der Waals surface area contributed by atoms with Gasteiger partial charge in [-0.25, -0.2) is 0 Å². The van der Waals surface area contributed by atoms with Gasteiger partial charge in [0.2, 0.25) is 5.43 Å². The highest BCUT2D eigenvalue weighted by atomic mass is 16.3. The molecular formula is C16H26N2O2. The Kier molecular flexibility index (Phi) is 5.65. The number of unbranched alkanes of at least 4 members (excludes halogenated alkanes) is 3. The largest absolute Gasteiger partial charge is 0.503 e. The summed E-state index contributed by atoms with van der Waals surface area (Å²) in [6, 6.07) is 1.44. The lowest BCUT2D eigenvalue weighted by Crippen LogP contribution is -2.20. The number of likely N-dealkylation sites (tertiary alicyclic amines) is 1. The van der Waals surface area contributed by atoms with E-state index in [1.165, 1.54) is 57.8 Å². The van der Waals surface area contributed by atoms with Crippen molar-refractivity contribution in [1.82, 2.24) is 9.47 Å². The fraction of sp³-hybridized carbons (Fsp3) is 0.688. The molecule has 1 aliphatic rings. The standard InChI is InChI=1S/C16H26N2O2/c1-14-16(20)15(19)8-13-18(14)12-5-3-2-4-9-17-10-6-7-11-17/h8,13,20H,2-7,9-12H2,1H3. The molecule has 1 saturated heterocycles. The van der Waals surface area contributed by atoms with Crippen LogP contribution < -0.4 is 5.43 Å². The van der Waals surface area contributed by atoms with Gasteiger partial charge in [-0.1, -0.05) is 12.8 Å². The SMILES string of the molecule is Cc1c(O)c(=O)ccn1CCCCCCN1CCCC1. The van der Waals surface area contributed by atoms with Crippen LogP contribution in [-0.4, -0.2) is 34.2 Å². The zero-order chi connectivity index (χ0) is 14.4. The Morgan fingerprint density at radius 1 is 1.10 bits per heavy atom. The minimum Gasteiger partial charge on any atom is -0.503 e. The number of pyridine rings is 1. The van der Waals surface area contributed by atoms with Gasteiger partial charge in [-0.3, -0.25) is 4.79 Å². The van der Waals surface area contributed by atoms with Crippen LogP contribution in [0.1, 0.15) is 44.2 Å². The number of hydrogen-bond donors (Lipinski definition) is 1. The topological polar surface area (TPSA) is 45.5 Å². The maximum Gasteiger partial charge on any atom is 0.223 e. The maximum atomic E-state index is 11.3. The molecule has 0 atom stereocenters. The molecule has 4 heteroatoms. The Morgan fingerprint density at radius 2 is 1.75 bits per heavy atom. The molecule has 0 bridgehead atoms. The fourth-order valence-electron chi connectivity index (χ4n) is 2.88. The minimum absolute atomic E-state index is 0.110. The Bertz CT molecular complexity index is 476. The molecule has 112 valence electrons. The summed E-state index contributed by atoms with van der Waals surface area (Å²) in [5, 5.41) is 9.61. The van der Waals surface area contributed by atoms with Crippen molar-refractivity contribution in [3.8, 4) is 5.75 Å². The number of aromatic nitrogens is 1. The maximum absolute atomic E-state index is 11.3. The van der Waals surface area contributed by atoms with Crippen molar-refractivity contribution in [1.29, 1.82) is 0 Å². The first-order chi connectivity index (χ1) is 9.68. The van der Waals surface area contributed by atoms with E-state index < -0.39 is 0 Å². The second-order valence-electron chi connectivity index (χ2n) is 5.77. The van der Waals surface area contributed by atoms with Crippen LogP contribution in [0.5, 0.6) is 5.75 Å². The molecule has 2 heterocycles.